The van der Waals surface area contributed by atoms with E-state index in [9.17, 15) is 9.00 Å². The number of H-pyrrole nitrogens is 1. The second-order valence-corrected chi connectivity index (χ2v) is 8.09. The van der Waals surface area contributed by atoms with E-state index in [1.807, 2.05) is 44.2 Å². The molecule has 3 N–H and O–H groups in total. The molecule has 1 unspecified atom stereocenters. The number of rotatable bonds is 7. The Morgan fingerprint density at radius 1 is 1.23 bits per heavy atom. The summed E-state index contributed by atoms with van der Waals surface area (Å²) in [7, 11) is -3.11. The van der Waals surface area contributed by atoms with Gasteiger partial charge < -0.3 is 10.3 Å². The summed E-state index contributed by atoms with van der Waals surface area (Å²) in [5.74, 6) is 0.574. The van der Waals surface area contributed by atoms with Crippen LogP contribution >= 0.6 is 0 Å². The van der Waals surface area contributed by atoms with Crippen LogP contribution in [-0.2, 0) is 16.3 Å². The van der Waals surface area contributed by atoms with Crippen LogP contribution < -0.4 is 11.0 Å². The Labute approximate surface area is 151 Å². The third kappa shape index (κ3) is 3.48. The van der Waals surface area contributed by atoms with E-state index in [1.54, 1.807) is 0 Å². The quantitative estimate of drug-likeness (QED) is 0.549. The van der Waals surface area contributed by atoms with E-state index < -0.39 is 9.73 Å². The minimum atomic E-state index is -3.11. The number of fused-ring (bicyclic) bond motifs is 1. The van der Waals surface area contributed by atoms with Crippen molar-refractivity contribution >= 4 is 26.7 Å². The average Bonchev–Trinajstić information content (AvgIpc) is 2.92. The van der Waals surface area contributed by atoms with Crippen LogP contribution in [0.25, 0.3) is 11.2 Å². The molecule has 0 aliphatic heterocycles. The summed E-state index contributed by atoms with van der Waals surface area (Å²) >= 11 is 0. The van der Waals surface area contributed by atoms with Gasteiger partial charge in [-0.1, -0.05) is 37.3 Å². The molecule has 0 bridgehead atoms. The van der Waals surface area contributed by atoms with Gasteiger partial charge in [-0.3, -0.25) is 4.57 Å². The van der Waals surface area contributed by atoms with Gasteiger partial charge in [0, 0.05) is 12.3 Å². The maximum Gasteiger partial charge on any atom is 0.328 e. The molecule has 0 amide bonds. The van der Waals surface area contributed by atoms with Gasteiger partial charge in [0.15, 0.2) is 11.5 Å². The SMILES string of the molecule is CCCS(=N)(=O)c1nc(NCC)c2[nH]c(=O)n(Cc3ccccc3)c2n1. The highest BCUT2D eigenvalue weighted by Crippen LogP contribution is 2.21. The number of benzene rings is 1. The number of aromatic amines is 1. The van der Waals surface area contributed by atoms with E-state index in [0.29, 0.717) is 36.5 Å². The number of nitrogens with one attached hydrogen (secondary N) is 3. The molecule has 9 heteroatoms. The third-order valence-corrected chi connectivity index (χ3v) is 5.67. The fraction of sp³-hybridized carbons (Fsp3) is 0.353. The fourth-order valence-corrected chi connectivity index (χ4v) is 3.97. The minimum absolute atomic E-state index is 0.0383. The standard InChI is InChI=1S/C17H22N6O2S/c1-3-10-26(18,25)16-21-14(19-4-2)13-15(22-16)23(17(24)20-13)11-12-8-6-5-7-9-12/h5-9,18H,3-4,10-11H2,1-2H3,(H,20,24)(H,19,21,22). The van der Waals surface area contributed by atoms with Crippen LogP contribution in [0.4, 0.5) is 5.82 Å². The van der Waals surface area contributed by atoms with Gasteiger partial charge in [-0.2, -0.15) is 4.98 Å². The van der Waals surface area contributed by atoms with Crippen molar-refractivity contribution in [2.75, 3.05) is 17.6 Å². The second kappa shape index (κ2) is 7.28. The van der Waals surface area contributed by atoms with Gasteiger partial charge in [0.1, 0.15) is 15.2 Å². The molecule has 3 aromatic rings. The van der Waals surface area contributed by atoms with Crippen molar-refractivity contribution in [3.8, 4) is 0 Å². The smallest absolute Gasteiger partial charge is 0.328 e. The minimum Gasteiger partial charge on any atom is -0.368 e. The maximum absolute atomic E-state index is 12.7. The number of imidazole rings is 1. The molecule has 0 spiro atoms. The van der Waals surface area contributed by atoms with E-state index in [4.69, 9.17) is 4.78 Å². The van der Waals surface area contributed by atoms with Gasteiger partial charge in [-0.05, 0) is 18.9 Å². The fourth-order valence-electron chi connectivity index (χ4n) is 2.74. The molecular formula is C17H22N6O2S. The Morgan fingerprint density at radius 3 is 2.62 bits per heavy atom. The predicted molar refractivity (Wildman–Crippen MR) is 102 cm³/mol. The molecule has 0 fully saturated rings. The molecule has 2 heterocycles. The molecule has 0 aliphatic carbocycles. The molecule has 1 aromatic carbocycles. The molecule has 0 radical (unpaired) electrons. The zero-order chi connectivity index (χ0) is 18.7. The van der Waals surface area contributed by atoms with Crippen molar-refractivity contribution in [2.24, 2.45) is 0 Å². The number of anilines is 1. The zero-order valence-corrected chi connectivity index (χ0v) is 15.6. The number of nitrogens with zero attached hydrogens (tertiary/aromatic N) is 3. The summed E-state index contributed by atoms with van der Waals surface area (Å²) in [4.78, 5) is 23.9. The van der Waals surface area contributed by atoms with Gasteiger partial charge in [0.25, 0.3) is 0 Å². The van der Waals surface area contributed by atoms with Crippen LogP contribution in [-0.4, -0.2) is 36.0 Å². The lowest BCUT2D eigenvalue weighted by Gasteiger charge is -2.10. The first-order valence-electron chi connectivity index (χ1n) is 8.51. The summed E-state index contributed by atoms with van der Waals surface area (Å²) in [6.45, 7) is 4.66. The molecular weight excluding hydrogens is 352 g/mol. The first-order chi connectivity index (χ1) is 12.5. The molecule has 0 saturated heterocycles. The molecule has 26 heavy (non-hydrogen) atoms. The Morgan fingerprint density at radius 2 is 1.96 bits per heavy atom. The molecule has 1 atom stereocenters. The lowest BCUT2D eigenvalue weighted by Crippen LogP contribution is -2.18. The number of hydrogen-bond donors (Lipinski definition) is 3. The van der Waals surface area contributed by atoms with Crippen LogP contribution in [0, 0.1) is 4.78 Å². The van der Waals surface area contributed by atoms with Crippen molar-refractivity contribution < 1.29 is 4.21 Å². The number of aromatic nitrogens is 4. The lowest BCUT2D eigenvalue weighted by molar-refractivity contribution is 0.664. The Kier molecular flexibility index (Phi) is 5.08. The van der Waals surface area contributed by atoms with Crippen molar-refractivity contribution in [2.45, 2.75) is 32.0 Å². The van der Waals surface area contributed by atoms with Gasteiger partial charge in [-0.15, -0.1) is 0 Å². The molecule has 138 valence electrons. The molecule has 3 rings (SSSR count). The van der Waals surface area contributed by atoms with E-state index in [-0.39, 0.29) is 16.6 Å². The Balaban J connectivity index is 2.21. The van der Waals surface area contributed by atoms with Crippen molar-refractivity contribution in [1.29, 1.82) is 4.78 Å². The van der Waals surface area contributed by atoms with Crippen LogP contribution in [0.3, 0.4) is 0 Å². The lowest BCUT2D eigenvalue weighted by atomic mass is 10.2. The first kappa shape index (κ1) is 18.1. The van der Waals surface area contributed by atoms with E-state index in [0.717, 1.165) is 5.56 Å². The largest absolute Gasteiger partial charge is 0.368 e. The summed E-state index contributed by atoms with van der Waals surface area (Å²) < 4.78 is 22.3. The van der Waals surface area contributed by atoms with Gasteiger partial charge in [-0.25, -0.2) is 18.8 Å². The van der Waals surface area contributed by atoms with Crippen molar-refractivity contribution in [1.82, 2.24) is 19.5 Å². The van der Waals surface area contributed by atoms with Crippen molar-refractivity contribution in [3.63, 3.8) is 0 Å². The molecule has 2 aromatic heterocycles. The van der Waals surface area contributed by atoms with Gasteiger partial charge in [0.2, 0.25) is 5.16 Å². The second-order valence-electron chi connectivity index (χ2n) is 5.96. The summed E-state index contributed by atoms with van der Waals surface area (Å²) in [5.41, 5.74) is 1.45. The molecule has 8 nitrogen and oxygen atoms in total. The Hall–Kier alpha value is -2.68. The highest BCUT2D eigenvalue weighted by molar-refractivity contribution is 7.92. The number of hydrogen-bond acceptors (Lipinski definition) is 6. The molecule has 0 aliphatic rings. The zero-order valence-electron chi connectivity index (χ0n) is 14.8. The predicted octanol–water partition coefficient (Wildman–Crippen LogP) is 2.42. The first-order valence-corrected chi connectivity index (χ1v) is 10.2. The van der Waals surface area contributed by atoms with Crippen LogP contribution in [0.15, 0.2) is 40.3 Å². The Bertz CT molecular complexity index is 1070. The summed E-state index contributed by atoms with van der Waals surface area (Å²) in [6.07, 6.45) is 0.588. The summed E-state index contributed by atoms with van der Waals surface area (Å²) in [5, 5.41) is 3.03. The highest BCUT2D eigenvalue weighted by Gasteiger charge is 2.20. The summed E-state index contributed by atoms with van der Waals surface area (Å²) in [6, 6.07) is 9.55. The van der Waals surface area contributed by atoms with Gasteiger partial charge >= 0.3 is 5.69 Å². The normalized spacial score (nSPS) is 13.6. The maximum atomic E-state index is 12.7. The van der Waals surface area contributed by atoms with Gasteiger partial charge in [0.05, 0.1) is 6.54 Å². The van der Waals surface area contributed by atoms with Crippen LogP contribution in [0.5, 0.6) is 0 Å². The van der Waals surface area contributed by atoms with Crippen LogP contribution in [0.2, 0.25) is 0 Å². The van der Waals surface area contributed by atoms with E-state index >= 15 is 0 Å². The molecule has 0 saturated carbocycles. The highest BCUT2D eigenvalue weighted by atomic mass is 32.2. The van der Waals surface area contributed by atoms with E-state index in [1.165, 1.54) is 4.57 Å². The topological polar surface area (TPSA) is 117 Å². The van der Waals surface area contributed by atoms with Crippen LogP contribution in [0.1, 0.15) is 25.8 Å². The average molecular weight is 374 g/mol. The monoisotopic (exact) mass is 374 g/mol. The van der Waals surface area contributed by atoms with Crippen molar-refractivity contribution in [3.05, 3.63) is 46.4 Å². The third-order valence-electron chi connectivity index (χ3n) is 3.92. The van der Waals surface area contributed by atoms with E-state index in [2.05, 4.69) is 20.3 Å².